The van der Waals surface area contributed by atoms with Gasteiger partial charge in [-0.05, 0) is 40.5 Å². The molecule has 20 heavy (non-hydrogen) atoms. The number of nitro benzene ring substituents is 1. The lowest BCUT2D eigenvalue weighted by Crippen LogP contribution is -2.13. The summed E-state index contributed by atoms with van der Waals surface area (Å²) in [4.78, 5) is 24.9. The number of nitrogens with one attached hydrogen (secondary N) is 2. The Morgan fingerprint density at radius 3 is 2.70 bits per heavy atom. The number of hydrogen-bond donors (Lipinski definition) is 2. The monoisotopic (exact) mass is 357 g/mol. The van der Waals surface area contributed by atoms with Crippen LogP contribution in [0.4, 0.5) is 11.4 Å². The van der Waals surface area contributed by atoms with Gasteiger partial charge in [0, 0.05) is 22.4 Å². The number of carbonyl (C=O) groups excluding carboxylic acids is 1. The van der Waals surface area contributed by atoms with Crippen LogP contribution in [0.25, 0.3) is 0 Å². The number of nitro groups is 1. The van der Waals surface area contributed by atoms with Gasteiger partial charge in [-0.2, -0.15) is 0 Å². The first-order chi connectivity index (χ1) is 9.38. The SMILES string of the molecule is Cc1cc([N+](=O)[O-])c(Cl)cc1NC(=O)c1cc(Br)c[nH]1. The summed E-state index contributed by atoms with van der Waals surface area (Å²) in [6, 6.07) is 4.31. The molecule has 2 aromatic rings. The van der Waals surface area contributed by atoms with E-state index in [4.69, 9.17) is 11.6 Å². The molecule has 8 heteroatoms. The van der Waals surface area contributed by atoms with E-state index in [9.17, 15) is 14.9 Å². The van der Waals surface area contributed by atoms with Gasteiger partial charge in [0.25, 0.3) is 11.6 Å². The highest BCUT2D eigenvalue weighted by Crippen LogP contribution is 2.30. The van der Waals surface area contributed by atoms with Gasteiger partial charge >= 0.3 is 0 Å². The molecule has 0 bridgehead atoms. The minimum Gasteiger partial charge on any atom is -0.356 e. The molecule has 0 unspecified atom stereocenters. The maximum Gasteiger partial charge on any atom is 0.288 e. The maximum absolute atomic E-state index is 12.0. The van der Waals surface area contributed by atoms with E-state index in [0.717, 1.165) is 4.47 Å². The van der Waals surface area contributed by atoms with Crippen LogP contribution in [-0.4, -0.2) is 15.8 Å². The van der Waals surface area contributed by atoms with Gasteiger partial charge in [0.1, 0.15) is 10.7 Å². The lowest BCUT2D eigenvalue weighted by Gasteiger charge is -2.08. The van der Waals surface area contributed by atoms with Crippen molar-refractivity contribution >= 4 is 44.8 Å². The van der Waals surface area contributed by atoms with Crippen molar-refractivity contribution in [2.75, 3.05) is 5.32 Å². The highest BCUT2D eigenvalue weighted by atomic mass is 79.9. The van der Waals surface area contributed by atoms with Gasteiger partial charge in [-0.3, -0.25) is 14.9 Å². The molecule has 0 saturated heterocycles. The standard InChI is InChI=1S/C12H9BrClN3O3/c1-6-2-11(17(19)20)8(14)4-9(6)16-12(18)10-3-7(13)5-15-10/h2-5,15H,1H3,(H,16,18). The number of anilines is 1. The van der Waals surface area contributed by atoms with E-state index in [-0.39, 0.29) is 16.6 Å². The quantitative estimate of drug-likeness (QED) is 0.644. The molecule has 1 aromatic heterocycles. The molecule has 2 N–H and O–H groups in total. The molecule has 104 valence electrons. The van der Waals surface area contributed by atoms with Crippen LogP contribution in [0.5, 0.6) is 0 Å². The summed E-state index contributed by atoms with van der Waals surface area (Å²) in [5.74, 6) is -0.358. The molecule has 0 atom stereocenters. The minimum atomic E-state index is -0.566. The summed E-state index contributed by atoms with van der Waals surface area (Å²) < 4.78 is 0.751. The van der Waals surface area contributed by atoms with Gasteiger partial charge in [0.05, 0.1) is 4.92 Å². The highest BCUT2D eigenvalue weighted by molar-refractivity contribution is 9.10. The van der Waals surface area contributed by atoms with E-state index < -0.39 is 4.92 Å². The number of rotatable bonds is 3. The molecule has 0 radical (unpaired) electrons. The second-order valence-corrected chi connectivity index (χ2v) is 5.38. The Bertz CT molecular complexity index is 699. The molecule has 1 heterocycles. The fraction of sp³-hybridized carbons (Fsp3) is 0.0833. The van der Waals surface area contributed by atoms with Crippen molar-refractivity contribution in [1.29, 1.82) is 0 Å². The van der Waals surface area contributed by atoms with Gasteiger partial charge in [-0.25, -0.2) is 0 Å². The lowest BCUT2D eigenvalue weighted by molar-refractivity contribution is -0.384. The van der Waals surface area contributed by atoms with Gasteiger partial charge in [-0.15, -0.1) is 0 Å². The lowest BCUT2D eigenvalue weighted by atomic mass is 10.1. The van der Waals surface area contributed by atoms with Crippen molar-refractivity contribution in [3.8, 4) is 0 Å². The number of hydrogen-bond acceptors (Lipinski definition) is 3. The number of H-pyrrole nitrogens is 1. The maximum atomic E-state index is 12.0. The van der Waals surface area contributed by atoms with E-state index in [2.05, 4.69) is 26.2 Å². The number of amides is 1. The first kappa shape index (κ1) is 14.5. The summed E-state index contributed by atoms with van der Waals surface area (Å²) >= 11 is 9.05. The van der Waals surface area contributed by atoms with E-state index >= 15 is 0 Å². The number of benzene rings is 1. The molecule has 0 aliphatic heterocycles. The Morgan fingerprint density at radius 2 is 2.15 bits per heavy atom. The smallest absolute Gasteiger partial charge is 0.288 e. The molecular formula is C12H9BrClN3O3. The van der Waals surface area contributed by atoms with Gasteiger partial charge in [0.2, 0.25) is 0 Å². The van der Waals surface area contributed by atoms with E-state index in [0.29, 0.717) is 16.9 Å². The third-order valence-electron chi connectivity index (χ3n) is 2.63. The van der Waals surface area contributed by atoms with Crippen molar-refractivity contribution < 1.29 is 9.72 Å². The Labute approximate surface area is 127 Å². The van der Waals surface area contributed by atoms with Crippen LogP contribution in [0.2, 0.25) is 5.02 Å². The Kier molecular flexibility index (Phi) is 4.10. The van der Waals surface area contributed by atoms with E-state index in [1.807, 2.05) is 0 Å². The molecule has 6 nitrogen and oxygen atoms in total. The average Bonchev–Trinajstić information content (AvgIpc) is 2.79. The predicted octanol–water partition coefficient (Wildman–Crippen LogP) is 3.90. The number of aromatic amines is 1. The number of nitrogens with zero attached hydrogens (tertiary/aromatic N) is 1. The normalized spacial score (nSPS) is 10.3. The number of aryl methyl sites for hydroxylation is 1. The summed E-state index contributed by atoms with van der Waals surface area (Å²) in [6.07, 6.45) is 1.63. The zero-order valence-corrected chi connectivity index (χ0v) is 12.6. The Balaban J connectivity index is 2.28. The number of carbonyl (C=O) groups is 1. The second-order valence-electron chi connectivity index (χ2n) is 4.06. The largest absolute Gasteiger partial charge is 0.356 e. The zero-order chi connectivity index (χ0) is 14.9. The third-order valence-corrected chi connectivity index (χ3v) is 3.39. The Morgan fingerprint density at radius 1 is 1.45 bits per heavy atom. The van der Waals surface area contributed by atoms with Crippen molar-refractivity contribution in [3.63, 3.8) is 0 Å². The van der Waals surface area contributed by atoms with Crippen LogP contribution < -0.4 is 5.32 Å². The number of halogens is 2. The molecule has 2 rings (SSSR count). The summed E-state index contributed by atoms with van der Waals surface area (Å²) in [7, 11) is 0. The van der Waals surface area contributed by atoms with Crippen LogP contribution in [0, 0.1) is 17.0 Å². The molecule has 1 amide bonds. The van der Waals surface area contributed by atoms with Crippen LogP contribution >= 0.6 is 27.5 Å². The Hall–Kier alpha value is -1.86. The first-order valence-electron chi connectivity index (χ1n) is 5.48. The van der Waals surface area contributed by atoms with Crippen molar-refractivity contribution in [2.45, 2.75) is 6.92 Å². The number of aromatic nitrogens is 1. The zero-order valence-electron chi connectivity index (χ0n) is 10.2. The third kappa shape index (κ3) is 3.00. The van der Waals surface area contributed by atoms with Crippen LogP contribution in [-0.2, 0) is 0 Å². The molecule has 0 spiro atoms. The molecule has 0 saturated carbocycles. The highest BCUT2D eigenvalue weighted by Gasteiger charge is 2.17. The summed E-state index contributed by atoms with van der Waals surface area (Å²) in [5, 5.41) is 13.4. The van der Waals surface area contributed by atoms with Crippen molar-refractivity contribution in [2.24, 2.45) is 0 Å². The summed E-state index contributed by atoms with van der Waals surface area (Å²) in [6.45, 7) is 1.66. The molecule has 0 fully saturated rings. The predicted molar refractivity (Wildman–Crippen MR) is 79.3 cm³/mol. The van der Waals surface area contributed by atoms with Crippen LogP contribution in [0.1, 0.15) is 16.1 Å². The van der Waals surface area contributed by atoms with Crippen LogP contribution in [0.3, 0.4) is 0 Å². The molecule has 0 aliphatic rings. The van der Waals surface area contributed by atoms with Gasteiger partial charge in [-0.1, -0.05) is 11.6 Å². The fourth-order valence-corrected chi connectivity index (χ4v) is 2.21. The second kappa shape index (κ2) is 5.64. The minimum absolute atomic E-state index is 0.0245. The fourth-order valence-electron chi connectivity index (χ4n) is 1.63. The van der Waals surface area contributed by atoms with Gasteiger partial charge in [0.15, 0.2) is 0 Å². The molecular weight excluding hydrogens is 350 g/mol. The van der Waals surface area contributed by atoms with Crippen LogP contribution in [0.15, 0.2) is 28.9 Å². The average molecular weight is 359 g/mol. The van der Waals surface area contributed by atoms with E-state index in [1.54, 1.807) is 19.2 Å². The molecule has 1 aromatic carbocycles. The van der Waals surface area contributed by atoms with Crippen molar-refractivity contribution in [1.82, 2.24) is 4.98 Å². The van der Waals surface area contributed by atoms with E-state index in [1.165, 1.54) is 12.1 Å². The topological polar surface area (TPSA) is 88.0 Å². The summed E-state index contributed by atoms with van der Waals surface area (Å²) in [5.41, 5.74) is 1.16. The molecule has 0 aliphatic carbocycles. The van der Waals surface area contributed by atoms with Crippen molar-refractivity contribution in [3.05, 3.63) is 55.3 Å². The first-order valence-corrected chi connectivity index (χ1v) is 6.65. The van der Waals surface area contributed by atoms with Gasteiger partial charge < -0.3 is 10.3 Å².